The first kappa shape index (κ1) is 18.0. The molecule has 3 saturated heterocycles. The van der Waals surface area contributed by atoms with Crippen molar-refractivity contribution in [2.24, 2.45) is 5.41 Å². The molecule has 0 unspecified atom stereocenters. The zero-order chi connectivity index (χ0) is 18.1. The molecular formula is C20H33N5O. The summed E-state index contributed by atoms with van der Waals surface area (Å²) in [5.41, 5.74) is 1.12. The summed E-state index contributed by atoms with van der Waals surface area (Å²) >= 11 is 0. The van der Waals surface area contributed by atoms with E-state index in [0.717, 1.165) is 63.0 Å². The van der Waals surface area contributed by atoms with Gasteiger partial charge in [-0.1, -0.05) is 0 Å². The highest BCUT2D eigenvalue weighted by Gasteiger charge is 2.46. The molecule has 4 rings (SSSR count). The van der Waals surface area contributed by atoms with Crippen LogP contribution in [0.1, 0.15) is 44.2 Å². The molecule has 144 valence electrons. The van der Waals surface area contributed by atoms with Crippen molar-refractivity contribution >= 4 is 11.8 Å². The SMILES string of the molecule is Cc1cc(N2CC[C@@]3(CO)CCCN(C)[C@@H]3C2)nc(N2CCCCC2)n1. The second-order valence-electron chi connectivity index (χ2n) is 8.53. The Morgan fingerprint density at radius 1 is 1.04 bits per heavy atom. The molecule has 2 atom stereocenters. The van der Waals surface area contributed by atoms with Crippen LogP contribution in [0.4, 0.5) is 11.8 Å². The predicted octanol–water partition coefficient (Wildman–Crippen LogP) is 2.06. The summed E-state index contributed by atoms with van der Waals surface area (Å²) in [6, 6.07) is 2.53. The molecular weight excluding hydrogens is 326 g/mol. The molecule has 3 aliphatic heterocycles. The summed E-state index contributed by atoms with van der Waals surface area (Å²) in [6.45, 7) is 7.57. The minimum atomic E-state index is 0.0707. The molecule has 0 amide bonds. The number of aliphatic hydroxyl groups excluding tert-OH is 1. The first-order chi connectivity index (χ1) is 12.6. The van der Waals surface area contributed by atoms with Gasteiger partial charge in [-0.3, -0.25) is 0 Å². The number of nitrogens with zero attached hydrogens (tertiary/aromatic N) is 5. The van der Waals surface area contributed by atoms with Crippen LogP contribution in [0.2, 0.25) is 0 Å². The lowest BCUT2D eigenvalue weighted by molar-refractivity contribution is -0.0277. The van der Waals surface area contributed by atoms with E-state index in [1.165, 1.54) is 25.7 Å². The van der Waals surface area contributed by atoms with E-state index >= 15 is 0 Å². The Morgan fingerprint density at radius 3 is 2.62 bits per heavy atom. The van der Waals surface area contributed by atoms with Gasteiger partial charge in [0.1, 0.15) is 5.82 Å². The lowest BCUT2D eigenvalue weighted by Gasteiger charge is -2.53. The summed E-state index contributed by atoms with van der Waals surface area (Å²) in [4.78, 5) is 16.9. The third kappa shape index (κ3) is 3.29. The number of fused-ring (bicyclic) bond motifs is 1. The fourth-order valence-electron chi connectivity index (χ4n) is 5.16. The molecule has 3 aliphatic rings. The highest BCUT2D eigenvalue weighted by atomic mass is 16.3. The van der Waals surface area contributed by atoms with Crippen molar-refractivity contribution in [3.8, 4) is 0 Å². The van der Waals surface area contributed by atoms with Gasteiger partial charge < -0.3 is 19.8 Å². The zero-order valence-electron chi connectivity index (χ0n) is 16.3. The van der Waals surface area contributed by atoms with Crippen LogP contribution >= 0.6 is 0 Å². The largest absolute Gasteiger partial charge is 0.396 e. The Kier molecular flexibility index (Phi) is 5.06. The number of likely N-dealkylation sites (tertiary alicyclic amines) is 1. The number of aliphatic hydroxyl groups is 1. The monoisotopic (exact) mass is 359 g/mol. The highest BCUT2D eigenvalue weighted by molar-refractivity contribution is 5.47. The zero-order valence-corrected chi connectivity index (χ0v) is 16.3. The fraction of sp³-hybridized carbons (Fsp3) is 0.800. The Bertz CT molecular complexity index is 633. The summed E-state index contributed by atoms with van der Waals surface area (Å²) in [5, 5.41) is 10.1. The quantitative estimate of drug-likeness (QED) is 0.892. The second kappa shape index (κ2) is 7.31. The number of anilines is 2. The topological polar surface area (TPSA) is 55.7 Å². The molecule has 0 aromatic carbocycles. The van der Waals surface area contributed by atoms with Gasteiger partial charge in [-0.05, 0) is 59.0 Å². The molecule has 1 N–H and O–H groups in total. The first-order valence-corrected chi connectivity index (χ1v) is 10.3. The van der Waals surface area contributed by atoms with Crippen LogP contribution in [0.5, 0.6) is 0 Å². The summed E-state index contributed by atoms with van der Waals surface area (Å²) < 4.78 is 0. The number of piperidine rings is 3. The van der Waals surface area contributed by atoms with Crippen LogP contribution in [-0.4, -0.2) is 72.4 Å². The van der Waals surface area contributed by atoms with Gasteiger partial charge in [0.05, 0.1) is 6.61 Å². The van der Waals surface area contributed by atoms with E-state index in [1.807, 2.05) is 0 Å². The van der Waals surface area contributed by atoms with Gasteiger partial charge in [-0.25, -0.2) is 4.98 Å². The normalized spacial score (nSPS) is 30.3. The van der Waals surface area contributed by atoms with Gasteiger partial charge in [0, 0.05) is 49.4 Å². The van der Waals surface area contributed by atoms with Gasteiger partial charge in [0.2, 0.25) is 5.95 Å². The van der Waals surface area contributed by atoms with Crippen molar-refractivity contribution < 1.29 is 5.11 Å². The number of rotatable bonds is 3. The van der Waals surface area contributed by atoms with Gasteiger partial charge >= 0.3 is 0 Å². The molecule has 3 fully saturated rings. The maximum Gasteiger partial charge on any atom is 0.227 e. The van der Waals surface area contributed by atoms with Crippen molar-refractivity contribution in [3.63, 3.8) is 0 Å². The van der Waals surface area contributed by atoms with Crippen LogP contribution in [0.25, 0.3) is 0 Å². The standard InChI is InChI=1S/C20H33N5O/c1-16-13-18(22-19(21-16)24-10-4-3-5-11-24)25-12-8-20(15-26)7-6-9-23(2)17(20)14-25/h13,17,26H,3-12,14-15H2,1-2H3/t17-,20-/m1/s1. The van der Waals surface area contributed by atoms with Crippen LogP contribution in [0, 0.1) is 12.3 Å². The van der Waals surface area contributed by atoms with Crippen LogP contribution in [0.3, 0.4) is 0 Å². The van der Waals surface area contributed by atoms with Crippen molar-refractivity contribution in [3.05, 3.63) is 11.8 Å². The Labute approximate surface area is 157 Å². The molecule has 0 bridgehead atoms. The molecule has 4 heterocycles. The van der Waals surface area contributed by atoms with Crippen molar-refractivity contribution in [1.82, 2.24) is 14.9 Å². The second-order valence-corrected chi connectivity index (χ2v) is 8.53. The van der Waals surface area contributed by atoms with Gasteiger partial charge in [0.25, 0.3) is 0 Å². The van der Waals surface area contributed by atoms with E-state index in [1.54, 1.807) is 0 Å². The van der Waals surface area contributed by atoms with Crippen molar-refractivity contribution in [2.45, 2.75) is 51.5 Å². The maximum absolute atomic E-state index is 10.1. The molecule has 6 heteroatoms. The molecule has 1 aromatic rings. The number of hydrogen-bond acceptors (Lipinski definition) is 6. The Hall–Kier alpha value is -1.40. The van der Waals surface area contributed by atoms with Gasteiger partial charge in [0.15, 0.2) is 0 Å². The summed E-state index contributed by atoms with van der Waals surface area (Å²) in [5.74, 6) is 1.96. The smallest absolute Gasteiger partial charge is 0.227 e. The van der Waals surface area contributed by atoms with E-state index in [9.17, 15) is 5.11 Å². The van der Waals surface area contributed by atoms with Crippen LogP contribution < -0.4 is 9.80 Å². The van der Waals surface area contributed by atoms with E-state index < -0.39 is 0 Å². The fourth-order valence-corrected chi connectivity index (χ4v) is 5.16. The molecule has 1 aromatic heterocycles. The molecule has 0 spiro atoms. The predicted molar refractivity (Wildman–Crippen MR) is 105 cm³/mol. The number of hydrogen-bond donors (Lipinski definition) is 1. The van der Waals surface area contributed by atoms with Gasteiger partial charge in [-0.2, -0.15) is 4.98 Å². The summed E-state index contributed by atoms with van der Waals surface area (Å²) in [7, 11) is 2.21. The lowest BCUT2D eigenvalue weighted by atomic mass is 9.69. The van der Waals surface area contributed by atoms with E-state index in [-0.39, 0.29) is 5.41 Å². The number of aryl methyl sites for hydroxylation is 1. The van der Waals surface area contributed by atoms with E-state index in [0.29, 0.717) is 12.6 Å². The third-order valence-electron chi connectivity index (χ3n) is 6.80. The minimum Gasteiger partial charge on any atom is -0.396 e. The Balaban J connectivity index is 1.57. The van der Waals surface area contributed by atoms with Gasteiger partial charge in [-0.15, -0.1) is 0 Å². The highest BCUT2D eigenvalue weighted by Crippen LogP contribution is 2.42. The molecule has 6 nitrogen and oxygen atoms in total. The number of aromatic nitrogens is 2. The molecule has 0 radical (unpaired) electrons. The van der Waals surface area contributed by atoms with E-state index in [4.69, 9.17) is 9.97 Å². The van der Waals surface area contributed by atoms with E-state index in [2.05, 4.69) is 34.7 Å². The maximum atomic E-state index is 10.1. The lowest BCUT2D eigenvalue weighted by Crippen LogP contribution is -2.61. The average molecular weight is 360 g/mol. The van der Waals surface area contributed by atoms with Crippen molar-refractivity contribution in [2.75, 3.05) is 56.2 Å². The Morgan fingerprint density at radius 2 is 1.85 bits per heavy atom. The minimum absolute atomic E-state index is 0.0707. The van der Waals surface area contributed by atoms with Crippen LogP contribution in [-0.2, 0) is 0 Å². The molecule has 26 heavy (non-hydrogen) atoms. The average Bonchev–Trinajstić information content (AvgIpc) is 2.68. The third-order valence-corrected chi connectivity index (χ3v) is 6.80. The number of likely N-dealkylation sites (N-methyl/N-ethyl adjacent to an activating group) is 1. The first-order valence-electron chi connectivity index (χ1n) is 10.3. The molecule has 0 aliphatic carbocycles. The summed E-state index contributed by atoms with van der Waals surface area (Å²) in [6.07, 6.45) is 7.18. The van der Waals surface area contributed by atoms with Crippen molar-refractivity contribution in [1.29, 1.82) is 0 Å². The van der Waals surface area contributed by atoms with Crippen LogP contribution in [0.15, 0.2) is 6.07 Å². The molecule has 0 saturated carbocycles.